The Morgan fingerprint density at radius 3 is 2.52 bits per heavy atom. The predicted molar refractivity (Wildman–Crippen MR) is 111 cm³/mol. The van der Waals surface area contributed by atoms with Crippen LogP contribution in [0.1, 0.15) is 35.3 Å². The maximum Gasteiger partial charge on any atom is 0.251 e. The Balaban J connectivity index is 1.71. The molecule has 3 rings (SSSR count). The van der Waals surface area contributed by atoms with Crippen molar-refractivity contribution in [1.29, 1.82) is 0 Å². The van der Waals surface area contributed by atoms with Crippen molar-refractivity contribution in [3.05, 3.63) is 83.7 Å². The molecule has 1 aromatic heterocycles. The normalized spacial score (nSPS) is 11.6. The van der Waals surface area contributed by atoms with Crippen LogP contribution in [-0.2, 0) is 23.1 Å². The molecule has 0 bridgehead atoms. The average molecular weight is 413 g/mol. The molecular weight excluding hydrogens is 388 g/mol. The van der Waals surface area contributed by atoms with Gasteiger partial charge in [0.1, 0.15) is 0 Å². The molecule has 0 saturated heterocycles. The third kappa shape index (κ3) is 5.52. The van der Waals surface area contributed by atoms with Gasteiger partial charge in [-0.2, -0.15) is 5.10 Å². The highest BCUT2D eigenvalue weighted by atomic mass is 32.2. The third-order valence-electron chi connectivity index (χ3n) is 4.25. The molecule has 0 spiro atoms. The largest absolute Gasteiger partial charge is 0.348 e. The van der Waals surface area contributed by atoms with Crippen LogP contribution < -0.4 is 10.0 Å². The van der Waals surface area contributed by atoms with Gasteiger partial charge in [-0.15, -0.1) is 0 Å². The van der Waals surface area contributed by atoms with E-state index in [1.165, 1.54) is 12.1 Å². The number of amides is 1. The van der Waals surface area contributed by atoms with Gasteiger partial charge in [0.15, 0.2) is 0 Å². The summed E-state index contributed by atoms with van der Waals surface area (Å²) in [5, 5.41) is 7.09. The molecule has 0 aliphatic carbocycles. The van der Waals surface area contributed by atoms with E-state index in [0.717, 1.165) is 11.1 Å². The van der Waals surface area contributed by atoms with Crippen molar-refractivity contribution in [3.63, 3.8) is 0 Å². The van der Waals surface area contributed by atoms with E-state index in [1.807, 2.05) is 41.2 Å². The predicted octanol–water partition coefficient (Wildman–Crippen LogP) is 2.55. The first-order valence-electron chi connectivity index (χ1n) is 9.30. The van der Waals surface area contributed by atoms with Crippen LogP contribution in [0.3, 0.4) is 0 Å². The summed E-state index contributed by atoms with van der Waals surface area (Å²) in [5.41, 5.74) is 2.32. The van der Waals surface area contributed by atoms with Crippen LogP contribution in [0.5, 0.6) is 0 Å². The third-order valence-corrected chi connectivity index (χ3v) is 5.90. The topological polar surface area (TPSA) is 93.1 Å². The lowest BCUT2D eigenvalue weighted by molar-refractivity contribution is 0.0950. The van der Waals surface area contributed by atoms with Gasteiger partial charge in [-0.05, 0) is 49.2 Å². The highest BCUT2D eigenvalue weighted by Gasteiger charge is 2.17. The molecule has 0 saturated carbocycles. The summed E-state index contributed by atoms with van der Waals surface area (Å²) in [6.45, 7) is 4.43. The van der Waals surface area contributed by atoms with Crippen molar-refractivity contribution in [2.24, 2.45) is 0 Å². The lowest BCUT2D eigenvalue weighted by Crippen LogP contribution is -2.30. The van der Waals surface area contributed by atoms with Gasteiger partial charge >= 0.3 is 0 Å². The lowest BCUT2D eigenvalue weighted by Gasteiger charge is -2.12. The zero-order valence-electron chi connectivity index (χ0n) is 16.4. The monoisotopic (exact) mass is 412 g/mol. The molecule has 0 radical (unpaired) electrons. The van der Waals surface area contributed by atoms with E-state index < -0.39 is 10.0 Å². The van der Waals surface area contributed by atoms with E-state index in [-0.39, 0.29) is 16.8 Å². The van der Waals surface area contributed by atoms with Gasteiger partial charge in [0, 0.05) is 30.5 Å². The minimum Gasteiger partial charge on any atom is -0.348 e. The Morgan fingerprint density at radius 1 is 1.07 bits per heavy atom. The highest BCUT2D eigenvalue weighted by molar-refractivity contribution is 7.89. The number of hydrogen-bond donors (Lipinski definition) is 2. The standard InChI is InChI=1S/C21H24N4O3S/c1-16(2)24-29(27,28)20-10-5-9-17(13-20)21(26)22-14-18-7-3-4-8-19(18)15-25-12-6-11-23-25/h3-13,16,24H,14-15H2,1-2H3,(H,22,26). The Kier molecular flexibility index (Phi) is 6.46. The fraction of sp³-hybridized carbons (Fsp3) is 0.238. The molecular formula is C21H24N4O3S. The Labute approximate surface area is 170 Å². The van der Waals surface area contributed by atoms with Crippen LogP contribution in [0, 0.1) is 0 Å². The Morgan fingerprint density at radius 2 is 1.83 bits per heavy atom. The van der Waals surface area contributed by atoms with E-state index in [2.05, 4.69) is 15.1 Å². The summed E-state index contributed by atoms with van der Waals surface area (Å²) in [5.74, 6) is -0.333. The molecule has 2 aromatic carbocycles. The van der Waals surface area contributed by atoms with Crippen molar-refractivity contribution < 1.29 is 13.2 Å². The van der Waals surface area contributed by atoms with E-state index >= 15 is 0 Å². The quantitative estimate of drug-likeness (QED) is 0.595. The molecule has 29 heavy (non-hydrogen) atoms. The SMILES string of the molecule is CC(C)NS(=O)(=O)c1cccc(C(=O)NCc2ccccc2Cn2cccn2)c1. The number of carbonyl (C=O) groups is 1. The summed E-state index contributed by atoms with van der Waals surface area (Å²) in [4.78, 5) is 12.7. The molecule has 7 nitrogen and oxygen atoms in total. The van der Waals surface area contributed by atoms with Gasteiger partial charge in [0.2, 0.25) is 10.0 Å². The molecule has 1 amide bonds. The van der Waals surface area contributed by atoms with Gasteiger partial charge in [0.25, 0.3) is 5.91 Å². The summed E-state index contributed by atoms with van der Waals surface area (Å²) in [6, 6.07) is 15.5. The summed E-state index contributed by atoms with van der Waals surface area (Å²) in [7, 11) is -3.66. The second-order valence-electron chi connectivity index (χ2n) is 6.96. The van der Waals surface area contributed by atoms with Crippen molar-refractivity contribution in [2.45, 2.75) is 37.9 Å². The maximum absolute atomic E-state index is 12.6. The fourth-order valence-electron chi connectivity index (χ4n) is 2.91. The van der Waals surface area contributed by atoms with Crippen LogP contribution in [0.2, 0.25) is 0 Å². The van der Waals surface area contributed by atoms with Gasteiger partial charge in [-0.3, -0.25) is 9.48 Å². The van der Waals surface area contributed by atoms with Crippen molar-refractivity contribution in [3.8, 4) is 0 Å². The van der Waals surface area contributed by atoms with Gasteiger partial charge in [-0.25, -0.2) is 13.1 Å². The van der Waals surface area contributed by atoms with Gasteiger partial charge in [-0.1, -0.05) is 30.3 Å². The maximum atomic E-state index is 12.6. The number of sulfonamides is 1. The molecule has 1 heterocycles. The Hall–Kier alpha value is -2.97. The van der Waals surface area contributed by atoms with Gasteiger partial charge < -0.3 is 5.32 Å². The smallest absolute Gasteiger partial charge is 0.251 e. The number of nitrogens with zero attached hydrogens (tertiary/aromatic N) is 2. The van der Waals surface area contributed by atoms with Crippen LogP contribution >= 0.6 is 0 Å². The van der Waals surface area contributed by atoms with Crippen molar-refractivity contribution >= 4 is 15.9 Å². The van der Waals surface area contributed by atoms with E-state index in [9.17, 15) is 13.2 Å². The first-order chi connectivity index (χ1) is 13.8. The number of rotatable bonds is 8. The molecule has 152 valence electrons. The molecule has 3 aromatic rings. The van der Waals surface area contributed by atoms with E-state index in [0.29, 0.717) is 18.7 Å². The number of aromatic nitrogens is 2. The van der Waals surface area contributed by atoms with Crippen LogP contribution in [0.4, 0.5) is 0 Å². The highest BCUT2D eigenvalue weighted by Crippen LogP contribution is 2.14. The molecule has 0 atom stereocenters. The first kappa shape index (κ1) is 20.8. The molecule has 0 aliphatic heterocycles. The first-order valence-corrected chi connectivity index (χ1v) is 10.8. The lowest BCUT2D eigenvalue weighted by atomic mass is 10.1. The average Bonchev–Trinajstić information content (AvgIpc) is 3.19. The molecule has 2 N–H and O–H groups in total. The minimum absolute atomic E-state index is 0.0675. The molecule has 8 heteroatoms. The second kappa shape index (κ2) is 9.02. The van der Waals surface area contributed by atoms with Crippen molar-refractivity contribution in [2.75, 3.05) is 0 Å². The van der Waals surface area contributed by atoms with Crippen LogP contribution in [0.25, 0.3) is 0 Å². The molecule has 0 aliphatic rings. The number of benzene rings is 2. The van der Waals surface area contributed by atoms with Crippen LogP contribution in [0.15, 0.2) is 71.9 Å². The van der Waals surface area contributed by atoms with Gasteiger partial charge in [0.05, 0.1) is 11.4 Å². The Bertz CT molecular complexity index is 1080. The minimum atomic E-state index is -3.66. The summed E-state index contributed by atoms with van der Waals surface area (Å²) < 4.78 is 29.0. The van der Waals surface area contributed by atoms with E-state index in [4.69, 9.17) is 0 Å². The molecule has 0 unspecified atom stereocenters. The summed E-state index contributed by atoms with van der Waals surface area (Å²) in [6.07, 6.45) is 3.60. The zero-order chi connectivity index (χ0) is 20.9. The molecule has 0 fully saturated rings. The zero-order valence-corrected chi connectivity index (χ0v) is 17.2. The van der Waals surface area contributed by atoms with Crippen molar-refractivity contribution in [1.82, 2.24) is 19.8 Å². The second-order valence-corrected chi connectivity index (χ2v) is 8.67. The number of hydrogen-bond acceptors (Lipinski definition) is 4. The number of carbonyl (C=O) groups excluding carboxylic acids is 1. The van der Waals surface area contributed by atoms with Crippen LogP contribution in [-0.4, -0.2) is 30.1 Å². The fourth-order valence-corrected chi connectivity index (χ4v) is 4.21. The van der Waals surface area contributed by atoms with E-state index in [1.54, 1.807) is 32.2 Å². The summed E-state index contributed by atoms with van der Waals surface area (Å²) >= 11 is 0. The number of nitrogens with one attached hydrogen (secondary N) is 2.